The number of aromatic nitrogens is 2. The summed E-state index contributed by atoms with van der Waals surface area (Å²) in [4.78, 5) is 21.8. The molecule has 3 aromatic rings. The first-order valence-corrected chi connectivity index (χ1v) is 10.6. The van der Waals surface area contributed by atoms with Crippen molar-refractivity contribution in [3.8, 4) is 5.88 Å². The molecule has 1 saturated carbocycles. The summed E-state index contributed by atoms with van der Waals surface area (Å²) in [6.07, 6.45) is 5.94. The number of methoxy groups -OCH3 is 1. The largest absolute Gasteiger partial charge is 0.494 e. The molecule has 1 aliphatic heterocycles. The normalized spacial score (nSPS) is 23.5. The number of fused-ring (bicyclic) bond motifs is 3. The van der Waals surface area contributed by atoms with Crippen LogP contribution in [0.5, 0.6) is 5.88 Å². The highest BCUT2D eigenvalue weighted by Crippen LogP contribution is 2.47. The molecule has 4 N–H and O–H groups in total. The first-order valence-electron chi connectivity index (χ1n) is 10.6. The second kappa shape index (κ2) is 7.40. The molecule has 7 nitrogen and oxygen atoms in total. The number of benzene rings is 1. The van der Waals surface area contributed by atoms with Gasteiger partial charge in [-0.05, 0) is 25.8 Å². The Bertz CT molecular complexity index is 1090. The third kappa shape index (κ3) is 2.96. The first kappa shape index (κ1) is 19.1. The third-order valence-electron chi connectivity index (χ3n) is 6.55. The van der Waals surface area contributed by atoms with Crippen molar-refractivity contribution in [2.75, 3.05) is 19.0 Å². The van der Waals surface area contributed by atoms with Crippen LogP contribution in [0.3, 0.4) is 0 Å². The van der Waals surface area contributed by atoms with Crippen LogP contribution in [0.15, 0.2) is 30.5 Å². The average Bonchev–Trinajstić information content (AvgIpc) is 3.24. The van der Waals surface area contributed by atoms with Crippen LogP contribution in [0, 0.1) is 6.92 Å². The molecule has 0 saturated heterocycles. The van der Waals surface area contributed by atoms with Gasteiger partial charge < -0.3 is 30.0 Å². The number of aromatic amines is 2. The number of hydrogen-bond acceptors (Lipinski definition) is 4. The van der Waals surface area contributed by atoms with E-state index in [0.717, 1.165) is 53.5 Å². The van der Waals surface area contributed by atoms with Crippen LogP contribution in [0.2, 0.25) is 0 Å². The zero-order valence-corrected chi connectivity index (χ0v) is 17.4. The van der Waals surface area contributed by atoms with E-state index in [-0.39, 0.29) is 30.5 Å². The van der Waals surface area contributed by atoms with Gasteiger partial charge in [0.25, 0.3) is 0 Å². The van der Waals surface area contributed by atoms with E-state index in [4.69, 9.17) is 4.74 Å². The number of hydrogen-bond donors (Lipinski definition) is 4. The van der Waals surface area contributed by atoms with Gasteiger partial charge in [-0.15, -0.1) is 0 Å². The Balaban J connectivity index is 1.76. The lowest BCUT2D eigenvalue weighted by Crippen LogP contribution is -2.52. The van der Waals surface area contributed by atoms with Crippen LogP contribution in [-0.4, -0.2) is 51.7 Å². The van der Waals surface area contributed by atoms with Gasteiger partial charge in [-0.25, -0.2) is 0 Å². The lowest BCUT2D eigenvalue weighted by molar-refractivity contribution is -0.140. The maximum Gasteiger partial charge on any atom is 0.249 e. The summed E-state index contributed by atoms with van der Waals surface area (Å²) in [6.45, 7) is 2.04. The third-order valence-corrected chi connectivity index (χ3v) is 6.55. The summed E-state index contributed by atoms with van der Waals surface area (Å²) >= 11 is 0. The molecule has 5 rings (SSSR count). The highest BCUT2D eigenvalue weighted by atomic mass is 16.5. The molecular formula is C23H28N4O3. The van der Waals surface area contributed by atoms with Gasteiger partial charge in [-0.3, -0.25) is 4.79 Å². The number of rotatable bonds is 3. The summed E-state index contributed by atoms with van der Waals surface area (Å²) in [5, 5.41) is 15.5. The van der Waals surface area contributed by atoms with Gasteiger partial charge in [-0.2, -0.15) is 0 Å². The van der Waals surface area contributed by atoms with Gasteiger partial charge in [0.15, 0.2) is 5.88 Å². The van der Waals surface area contributed by atoms with Crippen LogP contribution in [-0.2, 0) is 9.53 Å². The number of nitrogens with zero attached hydrogens (tertiary/aromatic N) is 1. The van der Waals surface area contributed by atoms with Gasteiger partial charge >= 0.3 is 0 Å². The average molecular weight is 409 g/mol. The molecule has 30 heavy (non-hydrogen) atoms. The molecule has 3 heterocycles. The van der Waals surface area contributed by atoms with Gasteiger partial charge in [0, 0.05) is 36.0 Å². The number of para-hydroxylation sites is 1. The second-order valence-corrected chi connectivity index (χ2v) is 8.47. The van der Waals surface area contributed by atoms with Crippen molar-refractivity contribution in [3.63, 3.8) is 0 Å². The lowest BCUT2D eigenvalue weighted by atomic mass is 9.87. The van der Waals surface area contributed by atoms with E-state index in [1.807, 2.05) is 24.1 Å². The molecule has 1 aliphatic carbocycles. The Kier molecular flexibility index (Phi) is 4.70. The minimum atomic E-state index is -0.420. The maximum absolute atomic E-state index is 13.4. The number of carbonyl (C=O) groups is 1. The van der Waals surface area contributed by atoms with Crippen molar-refractivity contribution in [1.82, 2.24) is 14.9 Å². The number of aryl methyl sites for hydroxylation is 1. The number of amides is 1. The summed E-state index contributed by atoms with van der Waals surface area (Å²) in [5.41, 5.74) is 4.62. The smallest absolute Gasteiger partial charge is 0.249 e. The Hall–Kier alpha value is -2.93. The minimum Gasteiger partial charge on any atom is -0.494 e. The molecular weight excluding hydrogens is 380 g/mol. The van der Waals surface area contributed by atoms with Crippen molar-refractivity contribution >= 4 is 22.5 Å². The molecule has 2 aliphatic rings. The Morgan fingerprint density at radius 2 is 2.13 bits per heavy atom. The Labute approximate surface area is 175 Å². The van der Waals surface area contributed by atoms with E-state index in [1.54, 1.807) is 7.11 Å². The maximum atomic E-state index is 13.4. The van der Waals surface area contributed by atoms with Crippen molar-refractivity contribution in [3.05, 3.63) is 47.3 Å². The summed E-state index contributed by atoms with van der Waals surface area (Å²) in [5.74, 6) is 0.0339. The number of carbonyl (C=O) groups excluding carboxylic acids is 1. The number of aromatic hydroxyl groups is 1. The summed E-state index contributed by atoms with van der Waals surface area (Å²) < 4.78 is 5.26. The zero-order valence-electron chi connectivity index (χ0n) is 17.4. The van der Waals surface area contributed by atoms with Crippen molar-refractivity contribution in [1.29, 1.82) is 0 Å². The van der Waals surface area contributed by atoms with Crippen molar-refractivity contribution in [2.45, 2.75) is 50.7 Å². The molecule has 1 fully saturated rings. The highest BCUT2D eigenvalue weighted by molar-refractivity contribution is 5.87. The molecule has 2 aromatic heterocycles. The predicted molar refractivity (Wildman–Crippen MR) is 116 cm³/mol. The standard InChI is InChI=1S/C23H28N4O3/c1-13-10-14-6-5-7-15(21(14)25-13)22-20-17(11-24-23(20)29)26-16-8-3-4-9-18(16)27(22)19(28)12-30-2/h5-7,10-11,16,18,22,24-26,29H,3-4,8-9,12H2,1-2H3/t16-,18-,22-/m1/s1. The van der Waals surface area contributed by atoms with Gasteiger partial charge in [0.05, 0.1) is 28.9 Å². The zero-order chi connectivity index (χ0) is 20.8. The quantitative estimate of drug-likeness (QED) is 0.530. The number of ether oxygens (including phenoxy) is 1. The Morgan fingerprint density at radius 1 is 1.30 bits per heavy atom. The van der Waals surface area contributed by atoms with Crippen LogP contribution in [0.1, 0.15) is 48.5 Å². The monoisotopic (exact) mass is 408 g/mol. The predicted octanol–water partition coefficient (Wildman–Crippen LogP) is 3.81. The van der Waals surface area contributed by atoms with Crippen LogP contribution in [0.4, 0.5) is 5.69 Å². The number of nitrogens with one attached hydrogen (secondary N) is 3. The van der Waals surface area contributed by atoms with E-state index in [1.165, 1.54) is 0 Å². The van der Waals surface area contributed by atoms with Crippen LogP contribution >= 0.6 is 0 Å². The first-order chi connectivity index (χ1) is 14.6. The molecule has 0 unspecified atom stereocenters. The SMILES string of the molecule is COCC(=O)N1[C@H](c2cccc3cc(C)[nH]c23)c2c(c[nH]c2O)N[C@@H]2CCCC[C@H]21. The Morgan fingerprint density at radius 3 is 2.97 bits per heavy atom. The van der Waals surface area contributed by atoms with Crippen LogP contribution in [0.25, 0.3) is 10.9 Å². The molecule has 0 radical (unpaired) electrons. The molecule has 0 spiro atoms. The fourth-order valence-corrected chi connectivity index (χ4v) is 5.34. The van der Waals surface area contributed by atoms with Crippen LogP contribution < -0.4 is 5.32 Å². The van der Waals surface area contributed by atoms with E-state index >= 15 is 0 Å². The number of anilines is 1. The molecule has 1 aromatic carbocycles. The molecule has 158 valence electrons. The van der Waals surface area contributed by atoms with Gasteiger partial charge in [0.2, 0.25) is 5.91 Å². The fraction of sp³-hybridized carbons (Fsp3) is 0.435. The van der Waals surface area contributed by atoms with Crippen molar-refractivity contribution < 1.29 is 14.6 Å². The van der Waals surface area contributed by atoms with E-state index in [9.17, 15) is 9.90 Å². The second-order valence-electron chi connectivity index (χ2n) is 8.47. The number of H-pyrrole nitrogens is 2. The van der Waals surface area contributed by atoms with E-state index in [0.29, 0.717) is 5.56 Å². The van der Waals surface area contributed by atoms with E-state index < -0.39 is 6.04 Å². The molecule has 7 heteroatoms. The minimum absolute atomic E-state index is 0.0139. The van der Waals surface area contributed by atoms with Crippen molar-refractivity contribution in [2.24, 2.45) is 0 Å². The fourth-order valence-electron chi connectivity index (χ4n) is 5.34. The van der Waals surface area contributed by atoms with E-state index in [2.05, 4.69) is 33.5 Å². The van der Waals surface area contributed by atoms with Gasteiger partial charge in [-0.1, -0.05) is 31.0 Å². The molecule has 1 amide bonds. The lowest BCUT2D eigenvalue weighted by Gasteiger charge is -2.42. The topological polar surface area (TPSA) is 93.4 Å². The molecule has 0 bridgehead atoms. The highest BCUT2D eigenvalue weighted by Gasteiger charge is 2.44. The molecule has 3 atom stereocenters. The van der Waals surface area contributed by atoms with Gasteiger partial charge in [0.1, 0.15) is 6.61 Å². The summed E-state index contributed by atoms with van der Waals surface area (Å²) in [7, 11) is 1.55. The summed E-state index contributed by atoms with van der Waals surface area (Å²) in [6, 6.07) is 8.00.